The standard InChI is InChI=1S/C15H18N2O2S/c1-11-3-2-4-13(7-11)17-15(19)9-16-8-14(18)12-5-6-20-10-12/h2-7,10,14,16,18H,8-9H2,1H3,(H,17,19). The average Bonchev–Trinajstić information content (AvgIpc) is 2.92. The molecule has 1 heterocycles. The summed E-state index contributed by atoms with van der Waals surface area (Å²) in [6.07, 6.45) is -0.576. The van der Waals surface area contributed by atoms with Gasteiger partial charge in [-0.3, -0.25) is 4.79 Å². The number of aryl methyl sites for hydroxylation is 1. The van der Waals surface area contributed by atoms with Crippen molar-refractivity contribution in [3.05, 3.63) is 52.2 Å². The van der Waals surface area contributed by atoms with Crippen LogP contribution in [0.2, 0.25) is 0 Å². The van der Waals surface area contributed by atoms with Gasteiger partial charge in [0, 0.05) is 12.2 Å². The lowest BCUT2D eigenvalue weighted by molar-refractivity contribution is -0.115. The zero-order valence-electron chi connectivity index (χ0n) is 11.3. The predicted molar refractivity (Wildman–Crippen MR) is 82.0 cm³/mol. The Morgan fingerprint density at radius 1 is 1.40 bits per heavy atom. The van der Waals surface area contributed by atoms with Crippen molar-refractivity contribution in [1.82, 2.24) is 5.32 Å². The van der Waals surface area contributed by atoms with Gasteiger partial charge in [-0.2, -0.15) is 11.3 Å². The average molecular weight is 290 g/mol. The summed E-state index contributed by atoms with van der Waals surface area (Å²) in [7, 11) is 0. The molecule has 106 valence electrons. The second-order valence-corrected chi connectivity index (χ2v) is 5.40. The molecule has 2 aromatic rings. The summed E-state index contributed by atoms with van der Waals surface area (Å²) in [6.45, 7) is 2.51. The van der Waals surface area contributed by atoms with E-state index in [1.54, 1.807) is 11.3 Å². The molecule has 2 rings (SSSR count). The van der Waals surface area contributed by atoms with Gasteiger partial charge < -0.3 is 15.7 Å². The summed E-state index contributed by atoms with van der Waals surface area (Å²) in [5.41, 5.74) is 2.76. The molecular formula is C15H18N2O2S. The lowest BCUT2D eigenvalue weighted by atomic mass is 10.2. The van der Waals surface area contributed by atoms with Crippen LogP contribution in [-0.2, 0) is 4.79 Å². The number of hydrogen-bond acceptors (Lipinski definition) is 4. The molecule has 20 heavy (non-hydrogen) atoms. The molecule has 4 nitrogen and oxygen atoms in total. The van der Waals surface area contributed by atoms with Crippen LogP contribution in [0.5, 0.6) is 0 Å². The highest BCUT2D eigenvalue weighted by molar-refractivity contribution is 7.07. The molecular weight excluding hydrogens is 272 g/mol. The molecule has 0 aliphatic heterocycles. The van der Waals surface area contributed by atoms with Gasteiger partial charge in [-0.1, -0.05) is 12.1 Å². The smallest absolute Gasteiger partial charge is 0.238 e. The minimum atomic E-state index is -0.576. The Morgan fingerprint density at radius 3 is 2.95 bits per heavy atom. The third-order valence-corrected chi connectivity index (χ3v) is 3.55. The molecule has 0 aliphatic carbocycles. The zero-order valence-corrected chi connectivity index (χ0v) is 12.1. The Balaban J connectivity index is 1.73. The van der Waals surface area contributed by atoms with Crippen molar-refractivity contribution in [2.75, 3.05) is 18.4 Å². The van der Waals surface area contributed by atoms with Gasteiger partial charge >= 0.3 is 0 Å². The number of aliphatic hydroxyl groups is 1. The van der Waals surface area contributed by atoms with Crippen molar-refractivity contribution in [2.24, 2.45) is 0 Å². The fraction of sp³-hybridized carbons (Fsp3) is 0.267. The minimum Gasteiger partial charge on any atom is -0.387 e. The molecule has 0 bridgehead atoms. The van der Waals surface area contributed by atoms with Crippen molar-refractivity contribution in [3.8, 4) is 0 Å². The Morgan fingerprint density at radius 2 is 2.25 bits per heavy atom. The first kappa shape index (κ1) is 14.7. The van der Waals surface area contributed by atoms with Gasteiger partial charge in [-0.05, 0) is 47.0 Å². The number of aliphatic hydroxyl groups excluding tert-OH is 1. The molecule has 1 aromatic carbocycles. The molecule has 1 aromatic heterocycles. The number of anilines is 1. The molecule has 0 spiro atoms. The molecule has 0 saturated heterocycles. The summed E-state index contributed by atoms with van der Waals surface area (Å²) in [5, 5.41) is 19.4. The van der Waals surface area contributed by atoms with Crippen molar-refractivity contribution < 1.29 is 9.90 Å². The number of thiophene rings is 1. The van der Waals surface area contributed by atoms with Gasteiger partial charge in [0.25, 0.3) is 0 Å². The van der Waals surface area contributed by atoms with Gasteiger partial charge in [-0.25, -0.2) is 0 Å². The molecule has 1 unspecified atom stereocenters. The fourth-order valence-electron chi connectivity index (χ4n) is 1.83. The van der Waals surface area contributed by atoms with Crippen LogP contribution in [0.1, 0.15) is 17.2 Å². The van der Waals surface area contributed by atoms with Crippen molar-refractivity contribution >= 4 is 22.9 Å². The van der Waals surface area contributed by atoms with Crippen LogP contribution in [0.4, 0.5) is 5.69 Å². The zero-order chi connectivity index (χ0) is 14.4. The quantitative estimate of drug-likeness (QED) is 0.765. The van der Waals surface area contributed by atoms with E-state index in [9.17, 15) is 9.90 Å². The summed E-state index contributed by atoms with van der Waals surface area (Å²) >= 11 is 1.54. The van der Waals surface area contributed by atoms with E-state index in [0.717, 1.165) is 16.8 Å². The molecule has 5 heteroatoms. The van der Waals surface area contributed by atoms with E-state index in [1.807, 2.05) is 48.0 Å². The van der Waals surface area contributed by atoms with E-state index in [2.05, 4.69) is 10.6 Å². The molecule has 0 saturated carbocycles. The molecule has 1 atom stereocenters. The Hall–Kier alpha value is -1.69. The van der Waals surface area contributed by atoms with Gasteiger partial charge in [0.1, 0.15) is 0 Å². The lowest BCUT2D eigenvalue weighted by Gasteiger charge is -2.11. The highest BCUT2D eigenvalue weighted by atomic mass is 32.1. The number of amides is 1. The van der Waals surface area contributed by atoms with Crippen LogP contribution in [0.15, 0.2) is 41.1 Å². The SMILES string of the molecule is Cc1cccc(NC(=O)CNCC(O)c2ccsc2)c1. The van der Waals surface area contributed by atoms with E-state index < -0.39 is 6.10 Å². The largest absolute Gasteiger partial charge is 0.387 e. The van der Waals surface area contributed by atoms with Crippen LogP contribution in [0.25, 0.3) is 0 Å². The van der Waals surface area contributed by atoms with Gasteiger partial charge in [0.05, 0.1) is 12.6 Å². The Labute approximate surface area is 122 Å². The number of benzene rings is 1. The number of rotatable bonds is 6. The van der Waals surface area contributed by atoms with Crippen molar-refractivity contribution in [3.63, 3.8) is 0 Å². The highest BCUT2D eigenvalue weighted by Crippen LogP contribution is 2.15. The van der Waals surface area contributed by atoms with Crippen LogP contribution in [0.3, 0.4) is 0 Å². The molecule has 0 radical (unpaired) electrons. The first-order chi connectivity index (χ1) is 9.65. The second kappa shape index (κ2) is 7.19. The first-order valence-electron chi connectivity index (χ1n) is 6.42. The lowest BCUT2D eigenvalue weighted by Crippen LogP contribution is -2.31. The van der Waals surface area contributed by atoms with E-state index >= 15 is 0 Å². The third kappa shape index (κ3) is 4.45. The maximum Gasteiger partial charge on any atom is 0.238 e. The van der Waals surface area contributed by atoms with E-state index in [0.29, 0.717) is 6.54 Å². The van der Waals surface area contributed by atoms with Gasteiger partial charge in [-0.15, -0.1) is 0 Å². The normalized spacial score (nSPS) is 12.1. The Bertz CT molecular complexity index is 555. The van der Waals surface area contributed by atoms with Crippen LogP contribution < -0.4 is 10.6 Å². The van der Waals surface area contributed by atoms with E-state index in [4.69, 9.17) is 0 Å². The molecule has 0 fully saturated rings. The Kier molecular flexibility index (Phi) is 5.29. The molecule has 1 amide bonds. The maximum absolute atomic E-state index is 11.7. The molecule has 3 N–H and O–H groups in total. The highest BCUT2D eigenvalue weighted by Gasteiger charge is 2.08. The third-order valence-electron chi connectivity index (χ3n) is 2.85. The van der Waals surface area contributed by atoms with Gasteiger partial charge in [0.15, 0.2) is 0 Å². The summed E-state index contributed by atoms with van der Waals surface area (Å²) in [5.74, 6) is -0.117. The fourth-order valence-corrected chi connectivity index (χ4v) is 2.54. The van der Waals surface area contributed by atoms with Crippen molar-refractivity contribution in [2.45, 2.75) is 13.0 Å². The van der Waals surface area contributed by atoms with Gasteiger partial charge in [0.2, 0.25) is 5.91 Å². The summed E-state index contributed by atoms with van der Waals surface area (Å²) in [6, 6.07) is 9.52. The second-order valence-electron chi connectivity index (χ2n) is 4.62. The topological polar surface area (TPSA) is 61.4 Å². The maximum atomic E-state index is 11.7. The van der Waals surface area contributed by atoms with E-state index in [-0.39, 0.29) is 12.5 Å². The molecule has 0 aliphatic rings. The van der Waals surface area contributed by atoms with Crippen LogP contribution in [-0.4, -0.2) is 24.1 Å². The van der Waals surface area contributed by atoms with Crippen LogP contribution in [0, 0.1) is 6.92 Å². The van der Waals surface area contributed by atoms with E-state index in [1.165, 1.54) is 0 Å². The number of nitrogens with one attached hydrogen (secondary N) is 2. The monoisotopic (exact) mass is 290 g/mol. The minimum absolute atomic E-state index is 0.117. The predicted octanol–water partition coefficient (Wildman–Crippen LogP) is 2.32. The summed E-state index contributed by atoms with van der Waals surface area (Å²) in [4.78, 5) is 11.7. The van der Waals surface area contributed by atoms with Crippen LogP contribution >= 0.6 is 11.3 Å². The van der Waals surface area contributed by atoms with Crippen molar-refractivity contribution in [1.29, 1.82) is 0 Å². The number of carbonyl (C=O) groups excluding carboxylic acids is 1. The number of carbonyl (C=O) groups is 1. The number of hydrogen-bond donors (Lipinski definition) is 3. The first-order valence-corrected chi connectivity index (χ1v) is 7.37. The summed E-state index contributed by atoms with van der Waals surface area (Å²) < 4.78 is 0.